The van der Waals surface area contributed by atoms with Crippen LogP contribution in [-0.4, -0.2) is 46.1 Å². The molecule has 1 unspecified atom stereocenters. The molecular formula is C13H20N4O2S. The Labute approximate surface area is 122 Å². The molecule has 1 aliphatic heterocycles. The van der Waals surface area contributed by atoms with E-state index in [0.29, 0.717) is 24.0 Å². The van der Waals surface area contributed by atoms with Gasteiger partial charge in [0.2, 0.25) is 5.13 Å². The van der Waals surface area contributed by atoms with E-state index in [1.165, 1.54) is 35.5 Å². The number of aliphatic hydroxyl groups excluding tert-OH is 1. The molecule has 0 spiro atoms. The van der Waals surface area contributed by atoms with Gasteiger partial charge in [0.05, 0.1) is 0 Å². The number of hydrogen-bond donors (Lipinski definition) is 1. The number of carbonyl (C=O) groups is 1. The molecular weight excluding hydrogens is 276 g/mol. The molecule has 1 aliphatic carbocycles. The van der Waals surface area contributed by atoms with Crippen LogP contribution in [0.5, 0.6) is 0 Å². The molecule has 1 N–H and O–H groups in total. The lowest BCUT2D eigenvalue weighted by atomic mass is 9.90. The second-order valence-corrected chi connectivity index (χ2v) is 6.59. The van der Waals surface area contributed by atoms with Gasteiger partial charge < -0.3 is 10.0 Å². The molecule has 1 saturated heterocycles. The minimum absolute atomic E-state index is 0.199. The smallest absolute Gasteiger partial charge is 0.328 e. The Balaban J connectivity index is 1.79. The molecule has 0 aromatic carbocycles. The van der Waals surface area contributed by atoms with Crippen LogP contribution >= 0.6 is 11.3 Å². The number of nitrogens with zero attached hydrogens (tertiary/aromatic N) is 4. The largest absolute Gasteiger partial charge is 0.373 e. The van der Waals surface area contributed by atoms with Crippen molar-refractivity contribution in [3.63, 3.8) is 0 Å². The number of aliphatic hydroxyl groups is 1. The fraction of sp³-hybridized carbons (Fsp3) is 0.769. The number of amides is 2. The molecule has 20 heavy (non-hydrogen) atoms. The summed E-state index contributed by atoms with van der Waals surface area (Å²) in [4.78, 5) is 15.1. The summed E-state index contributed by atoms with van der Waals surface area (Å²) in [5.74, 6) is 0.477. The summed E-state index contributed by atoms with van der Waals surface area (Å²) < 4.78 is 0. The summed E-state index contributed by atoms with van der Waals surface area (Å²) in [6, 6.07) is -0.199. The Morgan fingerprint density at radius 2 is 1.95 bits per heavy atom. The van der Waals surface area contributed by atoms with E-state index in [9.17, 15) is 9.90 Å². The molecule has 1 aromatic heterocycles. The first kappa shape index (κ1) is 13.8. The van der Waals surface area contributed by atoms with Crippen molar-refractivity contribution in [2.24, 2.45) is 0 Å². The summed E-state index contributed by atoms with van der Waals surface area (Å²) in [7, 11) is 1.74. The predicted molar refractivity (Wildman–Crippen MR) is 76.9 cm³/mol. The van der Waals surface area contributed by atoms with Gasteiger partial charge in [-0.05, 0) is 12.8 Å². The molecule has 2 fully saturated rings. The van der Waals surface area contributed by atoms with E-state index in [4.69, 9.17) is 0 Å². The van der Waals surface area contributed by atoms with Crippen LogP contribution in [0.4, 0.5) is 9.93 Å². The monoisotopic (exact) mass is 296 g/mol. The zero-order valence-electron chi connectivity index (χ0n) is 11.7. The third-order valence-corrected chi connectivity index (χ3v) is 5.23. The van der Waals surface area contributed by atoms with E-state index in [2.05, 4.69) is 10.2 Å². The van der Waals surface area contributed by atoms with Gasteiger partial charge in [0, 0.05) is 25.9 Å². The minimum Gasteiger partial charge on any atom is -0.373 e. The van der Waals surface area contributed by atoms with Gasteiger partial charge in [-0.1, -0.05) is 30.6 Å². The summed E-state index contributed by atoms with van der Waals surface area (Å²) in [6.07, 6.45) is 5.86. The fourth-order valence-corrected chi connectivity index (χ4v) is 3.94. The van der Waals surface area contributed by atoms with Crippen molar-refractivity contribution in [2.45, 2.75) is 50.7 Å². The van der Waals surface area contributed by atoms with Gasteiger partial charge in [0.1, 0.15) is 11.2 Å². The standard InChI is InChI=1S/C13H20N4O2S/c1-16-8-7-10(18)17(13(16)19)12-15-14-11(20-12)9-5-3-2-4-6-9/h9-10,18H,2-8H2,1H3. The number of anilines is 1. The molecule has 7 heteroatoms. The van der Waals surface area contributed by atoms with E-state index in [1.807, 2.05) is 0 Å². The molecule has 1 atom stereocenters. The highest BCUT2D eigenvalue weighted by Crippen LogP contribution is 2.37. The first-order chi connectivity index (χ1) is 9.66. The lowest BCUT2D eigenvalue weighted by molar-refractivity contribution is 0.116. The minimum atomic E-state index is -0.786. The average Bonchev–Trinajstić information content (AvgIpc) is 2.94. The summed E-state index contributed by atoms with van der Waals surface area (Å²) in [5.41, 5.74) is 0. The molecule has 0 bridgehead atoms. The first-order valence-corrected chi connectivity index (χ1v) is 8.04. The van der Waals surface area contributed by atoms with Gasteiger partial charge in [-0.15, -0.1) is 10.2 Å². The van der Waals surface area contributed by atoms with Crippen LogP contribution < -0.4 is 4.90 Å². The first-order valence-electron chi connectivity index (χ1n) is 7.22. The lowest BCUT2D eigenvalue weighted by Gasteiger charge is -2.35. The highest BCUT2D eigenvalue weighted by molar-refractivity contribution is 7.15. The van der Waals surface area contributed by atoms with Crippen molar-refractivity contribution in [1.82, 2.24) is 15.1 Å². The molecule has 1 aromatic rings. The zero-order chi connectivity index (χ0) is 14.1. The van der Waals surface area contributed by atoms with Gasteiger partial charge in [-0.25, -0.2) is 9.69 Å². The Hall–Kier alpha value is -1.21. The van der Waals surface area contributed by atoms with Crippen molar-refractivity contribution in [3.05, 3.63) is 5.01 Å². The van der Waals surface area contributed by atoms with Crippen molar-refractivity contribution < 1.29 is 9.90 Å². The lowest BCUT2D eigenvalue weighted by Crippen LogP contribution is -2.53. The van der Waals surface area contributed by atoms with Crippen LogP contribution in [0.2, 0.25) is 0 Å². The van der Waals surface area contributed by atoms with Crippen LogP contribution in [0.3, 0.4) is 0 Å². The molecule has 3 rings (SSSR count). The molecule has 2 amide bonds. The molecule has 2 heterocycles. The van der Waals surface area contributed by atoms with Crippen molar-refractivity contribution in [2.75, 3.05) is 18.5 Å². The summed E-state index contributed by atoms with van der Waals surface area (Å²) in [6.45, 7) is 0.574. The van der Waals surface area contributed by atoms with Crippen molar-refractivity contribution in [1.29, 1.82) is 0 Å². The van der Waals surface area contributed by atoms with Crippen LogP contribution in [-0.2, 0) is 0 Å². The SMILES string of the molecule is CN1CCC(O)N(c2nnc(C3CCCCC3)s2)C1=O. The van der Waals surface area contributed by atoms with Crippen molar-refractivity contribution in [3.8, 4) is 0 Å². The third kappa shape index (κ3) is 2.52. The van der Waals surface area contributed by atoms with E-state index in [-0.39, 0.29) is 6.03 Å². The van der Waals surface area contributed by atoms with Gasteiger partial charge in [0.25, 0.3) is 0 Å². The number of rotatable bonds is 2. The van der Waals surface area contributed by atoms with Gasteiger partial charge >= 0.3 is 6.03 Å². The van der Waals surface area contributed by atoms with Gasteiger partial charge in [-0.2, -0.15) is 0 Å². The predicted octanol–water partition coefficient (Wildman–Crippen LogP) is 2.17. The Morgan fingerprint density at radius 1 is 1.20 bits per heavy atom. The van der Waals surface area contributed by atoms with Crippen LogP contribution in [0.15, 0.2) is 0 Å². The highest BCUT2D eigenvalue weighted by atomic mass is 32.1. The molecule has 6 nitrogen and oxygen atoms in total. The maximum Gasteiger partial charge on any atom is 0.328 e. The summed E-state index contributed by atoms with van der Waals surface area (Å²) in [5, 5.41) is 20.0. The Morgan fingerprint density at radius 3 is 2.70 bits per heavy atom. The van der Waals surface area contributed by atoms with E-state index < -0.39 is 6.23 Å². The number of aromatic nitrogens is 2. The second kappa shape index (κ2) is 5.65. The van der Waals surface area contributed by atoms with Crippen LogP contribution in [0.1, 0.15) is 49.5 Å². The highest BCUT2D eigenvalue weighted by Gasteiger charge is 2.34. The van der Waals surface area contributed by atoms with Crippen molar-refractivity contribution >= 4 is 22.5 Å². The topological polar surface area (TPSA) is 69.6 Å². The maximum absolute atomic E-state index is 12.2. The summed E-state index contributed by atoms with van der Waals surface area (Å²) >= 11 is 1.45. The van der Waals surface area contributed by atoms with Gasteiger partial charge in [0.15, 0.2) is 0 Å². The quantitative estimate of drug-likeness (QED) is 0.908. The molecule has 110 valence electrons. The molecule has 2 aliphatic rings. The van der Waals surface area contributed by atoms with Crippen LogP contribution in [0, 0.1) is 0 Å². The second-order valence-electron chi connectivity index (χ2n) is 5.60. The van der Waals surface area contributed by atoms with Gasteiger partial charge in [-0.3, -0.25) is 0 Å². The van der Waals surface area contributed by atoms with E-state index in [1.54, 1.807) is 11.9 Å². The maximum atomic E-state index is 12.2. The fourth-order valence-electron chi connectivity index (χ4n) is 2.89. The zero-order valence-corrected chi connectivity index (χ0v) is 12.5. The molecule has 1 saturated carbocycles. The van der Waals surface area contributed by atoms with E-state index in [0.717, 1.165) is 17.8 Å². The van der Waals surface area contributed by atoms with Crippen LogP contribution in [0.25, 0.3) is 0 Å². The molecule has 0 radical (unpaired) electrons. The third-order valence-electron chi connectivity index (χ3n) is 4.14. The number of hydrogen-bond acceptors (Lipinski definition) is 5. The number of urea groups is 1. The number of carbonyl (C=O) groups excluding carboxylic acids is 1. The average molecular weight is 296 g/mol. The Bertz CT molecular complexity index is 486. The Kier molecular flexibility index (Phi) is 3.89. The normalized spacial score (nSPS) is 25.3. The van der Waals surface area contributed by atoms with E-state index >= 15 is 0 Å².